The molecule has 2 atom stereocenters. The maximum Gasteiger partial charge on any atom is 0.335 e. The number of hydrogen-bond donors (Lipinski definition) is 1. The van der Waals surface area contributed by atoms with Gasteiger partial charge >= 0.3 is 5.97 Å². The molecule has 1 fully saturated rings. The van der Waals surface area contributed by atoms with E-state index in [1.807, 2.05) is 0 Å². The topological polar surface area (TPSA) is 59.3 Å². The van der Waals surface area contributed by atoms with Crippen molar-refractivity contribution in [2.45, 2.75) is 19.3 Å². The molecule has 152 valence electrons. The van der Waals surface area contributed by atoms with Crippen LogP contribution in [0.15, 0.2) is 42.6 Å². The lowest BCUT2D eigenvalue weighted by Crippen LogP contribution is -2.12. The molecule has 7 heteroatoms. The van der Waals surface area contributed by atoms with Crippen LogP contribution in [0.4, 0.5) is 4.39 Å². The second kappa shape index (κ2) is 6.96. The summed E-state index contributed by atoms with van der Waals surface area (Å²) in [5.41, 5.74) is 2.59. The molecular formula is C23H16Cl2FNO3. The number of rotatable bonds is 4. The number of aromatic carboxylic acids is 1. The molecule has 2 aliphatic rings. The van der Waals surface area contributed by atoms with E-state index in [0.29, 0.717) is 17.4 Å². The SMILES string of the molecule is O=C(O)c1ccc(-n2cc(C(=O)c3c(Cl)cccc3Cl)c3c2CC2CC2C3)c(F)c1. The maximum absolute atomic E-state index is 14.8. The summed E-state index contributed by atoms with van der Waals surface area (Å²) in [5.74, 6) is -1.05. The first-order valence-electron chi connectivity index (χ1n) is 9.60. The van der Waals surface area contributed by atoms with E-state index in [1.165, 1.54) is 12.1 Å². The van der Waals surface area contributed by atoms with Gasteiger partial charge in [0.05, 0.1) is 26.9 Å². The van der Waals surface area contributed by atoms with E-state index < -0.39 is 11.8 Å². The largest absolute Gasteiger partial charge is 0.478 e. The van der Waals surface area contributed by atoms with Crippen molar-refractivity contribution < 1.29 is 19.1 Å². The average Bonchev–Trinajstić information content (AvgIpc) is 3.37. The monoisotopic (exact) mass is 443 g/mol. The summed E-state index contributed by atoms with van der Waals surface area (Å²) in [5, 5.41) is 9.65. The van der Waals surface area contributed by atoms with Gasteiger partial charge in [0.2, 0.25) is 0 Å². The second-order valence-electron chi connectivity index (χ2n) is 7.90. The summed E-state index contributed by atoms with van der Waals surface area (Å²) in [6, 6.07) is 8.71. The van der Waals surface area contributed by atoms with Gasteiger partial charge < -0.3 is 9.67 Å². The lowest BCUT2D eigenvalue weighted by Gasteiger charge is -2.16. The summed E-state index contributed by atoms with van der Waals surface area (Å²) in [7, 11) is 0. The van der Waals surface area contributed by atoms with E-state index in [0.717, 1.165) is 36.6 Å². The fraction of sp³-hybridized carbons (Fsp3) is 0.217. The van der Waals surface area contributed by atoms with Crippen molar-refractivity contribution in [3.05, 3.63) is 86.4 Å². The lowest BCUT2D eigenvalue weighted by molar-refractivity contribution is 0.0696. The third-order valence-electron chi connectivity index (χ3n) is 6.10. The Morgan fingerprint density at radius 1 is 1.07 bits per heavy atom. The number of nitrogens with zero attached hydrogens (tertiary/aromatic N) is 1. The Bertz CT molecular complexity index is 1210. The molecule has 3 aromatic rings. The molecule has 1 N–H and O–H groups in total. The highest BCUT2D eigenvalue weighted by Gasteiger charge is 2.44. The molecule has 0 amide bonds. The Balaban J connectivity index is 1.67. The predicted molar refractivity (Wildman–Crippen MR) is 112 cm³/mol. The normalized spacial score (nSPS) is 19.2. The van der Waals surface area contributed by atoms with Crippen LogP contribution in [0.2, 0.25) is 10.0 Å². The first-order chi connectivity index (χ1) is 14.3. The maximum atomic E-state index is 14.8. The Kier molecular flexibility index (Phi) is 4.49. The molecule has 0 aliphatic heterocycles. The molecule has 2 aliphatic carbocycles. The highest BCUT2D eigenvalue weighted by Crippen LogP contribution is 2.50. The minimum atomic E-state index is -1.19. The molecule has 1 saturated carbocycles. The Hall–Kier alpha value is -2.63. The molecule has 5 rings (SSSR count). The van der Waals surface area contributed by atoms with Gasteiger partial charge in [-0.05, 0) is 67.0 Å². The van der Waals surface area contributed by atoms with E-state index >= 15 is 0 Å². The average molecular weight is 444 g/mol. The number of fused-ring (bicyclic) bond motifs is 2. The van der Waals surface area contributed by atoms with Crippen LogP contribution in [0.5, 0.6) is 0 Å². The molecule has 0 bridgehead atoms. The van der Waals surface area contributed by atoms with Crippen LogP contribution in [0.25, 0.3) is 5.69 Å². The fourth-order valence-electron chi connectivity index (χ4n) is 4.45. The number of aromatic nitrogens is 1. The van der Waals surface area contributed by atoms with Crippen molar-refractivity contribution in [3.8, 4) is 5.69 Å². The van der Waals surface area contributed by atoms with E-state index in [9.17, 15) is 14.0 Å². The third-order valence-corrected chi connectivity index (χ3v) is 6.73. The summed E-state index contributed by atoms with van der Waals surface area (Å²) in [6.07, 6.45) is 4.24. The van der Waals surface area contributed by atoms with E-state index in [2.05, 4.69) is 0 Å². The Morgan fingerprint density at radius 2 is 1.77 bits per heavy atom. The van der Waals surface area contributed by atoms with Crippen molar-refractivity contribution in [2.24, 2.45) is 11.8 Å². The van der Waals surface area contributed by atoms with Gasteiger partial charge in [-0.3, -0.25) is 4.79 Å². The van der Waals surface area contributed by atoms with Crippen LogP contribution in [-0.4, -0.2) is 21.4 Å². The molecule has 0 saturated heterocycles. The molecule has 30 heavy (non-hydrogen) atoms. The van der Waals surface area contributed by atoms with Crippen molar-refractivity contribution in [2.75, 3.05) is 0 Å². The van der Waals surface area contributed by atoms with E-state index in [4.69, 9.17) is 28.3 Å². The van der Waals surface area contributed by atoms with Crippen molar-refractivity contribution in [1.82, 2.24) is 4.57 Å². The van der Waals surface area contributed by atoms with E-state index in [1.54, 1.807) is 29.0 Å². The predicted octanol–water partition coefficient (Wildman–Crippen LogP) is 5.59. The number of carboxylic acid groups (broad SMARTS) is 1. The Labute approximate surface area is 181 Å². The number of carbonyl (C=O) groups excluding carboxylic acids is 1. The zero-order valence-corrected chi connectivity index (χ0v) is 17.2. The van der Waals surface area contributed by atoms with Crippen LogP contribution in [0, 0.1) is 17.7 Å². The van der Waals surface area contributed by atoms with Crippen molar-refractivity contribution in [1.29, 1.82) is 0 Å². The highest BCUT2D eigenvalue weighted by atomic mass is 35.5. The molecule has 1 aromatic heterocycles. The number of ketones is 1. The van der Waals surface area contributed by atoms with Gasteiger partial charge in [0, 0.05) is 17.5 Å². The first kappa shape index (κ1) is 19.3. The van der Waals surface area contributed by atoms with Gasteiger partial charge in [0.25, 0.3) is 0 Å². The van der Waals surface area contributed by atoms with Gasteiger partial charge in [-0.1, -0.05) is 29.3 Å². The standard InChI is InChI=1S/C23H16Cl2FNO3/c24-16-2-1-3-17(25)21(16)22(28)15-10-27(20-9-13-6-12(13)7-14(15)20)19-5-4-11(23(29)30)8-18(19)26/h1-5,8,10,12-13H,6-7,9H2,(H,29,30). The molecule has 0 radical (unpaired) electrons. The molecular weight excluding hydrogens is 428 g/mol. The third kappa shape index (κ3) is 3.04. The van der Waals surface area contributed by atoms with Crippen LogP contribution in [-0.2, 0) is 12.8 Å². The quantitative estimate of drug-likeness (QED) is 0.534. The molecule has 0 spiro atoms. The van der Waals surface area contributed by atoms with Crippen molar-refractivity contribution in [3.63, 3.8) is 0 Å². The minimum absolute atomic E-state index is 0.126. The van der Waals surface area contributed by atoms with Gasteiger partial charge in [-0.2, -0.15) is 0 Å². The fourth-order valence-corrected chi connectivity index (χ4v) is 5.02. The van der Waals surface area contributed by atoms with E-state index in [-0.39, 0.29) is 32.6 Å². The zero-order chi connectivity index (χ0) is 21.2. The molecule has 2 unspecified atom stereocenters. The van der Waals surface area contributed by atoms with Crippen LogP contribution >= 0.6 is 23.2 Å². The summed E-state index contributed by atoms with van der Waals surface area (Å²) in [6.45, 7) is 0. The molecule has 1 heterocycles. The number of carboxylic acids is 1. The first-order valence-corrected chi connectivity index (χ1v) is 10.4. The second-order valence-corrected chi connectivity index (χ2v) is 8.71. The highest BCUT2D eigenvalue weighted by molar-refractivity contribution is 6.41. The molecule has 4 nitrogen and oxygen atoms in total. The summed E-state index contributed by atoms with van der Waals surface area (Å²) in [4.78, 5) is 24.6. The number of benzene rings is 2. The smallest absolute Gasteiger partial charge is 0.335 e. The van der Waals surface area contributed by atoms with Crippen molar-refractivity contribution >= 4 is 35.0 Å². The number of hydrogen-bond acceptors (Lipinski definition) is 2. The summed E-state index contributed by atoms with van der Waals surface area (Å²) < 4.78 is 16.5. The van der Waals surface area contributed by atoms with Crippen LogP contribution in [0.1, 0.15) is 44.0 Å². The van der Waals surface area contributed by atoms with Gasteiger partial charge in [-0.15, -0.1) is 0 Å². The lowest BCUT2D eigenvalue weighted by atomic mass is 9.92. The zero-order valence-electron chi connectivity index (χ0n) is 15.7. The molecule has 2 aromatic carbocycles. The van der Waals surface area contributed by atoms with Gasteiger partial charge in [-0.25, -0.2) is 9.18 Å². The van der Waals surface area contributed by atoms with Crippen LogP contribution in [0.3, 0.4) is 0 Å². The van der Waals surface area contributed by atoms with Gasteiger partial charge in [0.15, 0.2) is 5.78 Å². The Morgan fingerprint density at radius 3 is 2.43 bits per heavy atom. The number of carbonyl (C=O) groups is 2. The van der Waals surface area contributed by atoms with Crippen LogP contribution < -0.4 is 0 Å². The van der Waals surface area contributed by atoms with Gasteiger partial charge in [0.1, 0.15) is 5.82 Å². The minimum Gasteiger partial charge on any atom is -0.478 e. The number of halogens is 3. The summed E-state index contributed by atoms with van der Waals surface area (Å²) >= 11 is 12.5.